The highest BCUT2D eigenvalue weighted by Gasteiger charge is 2.63. The highest BCUT2D eigenvalue weighted by Crippen LogP contribution is 2.70. The van der Waals surface area contributed by atoms with Crippen LogP contribution >= 0.6 is 0 Å². The van der Waals surface area contributed by atoms with Crippen LogP contribution < -0.4 is 4.90 Å². The van der Waals surface area contributed by atoms with Gasteiger partial charge in [0.25, 0.3) is 5.91 Å². The zero-order valence-corrected chi connectivity index (χ0v) is 23.6. The molecule has 7 rings (SSSR count). The van der Waals surface area contributed by atoms with Gasteiger partial charge < -0.3 is 9.47 Å². The van der Waals surface area contributed by atoms with Crippen molar-refractivity contribution >= 4 is 11.6 Å². The van der Waals surface area contributed by atoms with E-state index in [0.29, 0.717) is 24.1 Å². The molecule has 228 valence electrons. The van der Waals surface area contributed by atoms with Gasteiger partial charge in [0.05, 0.1) is 23.4 Å². The van der Waals surface area contributed by atoms with E-state index in [1.165, 1.54) is 15.9 Å². The Hall–Kier alpha value is -3.41. The molecule has 1 aromatic heterocycles. The van der Waals surface area contributed by atoms with Gasteiger partial charge in [-0.3, -0.25) is 9.69 Å². The fraction of sp³-hybridized carbons (Fsp3) is 0.516. The third kappa shape index (κ3) is 4.81. The number of aromatic nitrogens is 3. The molecule has 1 spiro atoms. The largest absolute Gasteiger partial charge is 0.416 e. The molecule has 0 radical (unpaired) electrons. The minimum absolute atomic E-state index is 0.00340. The normalized spacial score (nSPS) is 23.0. The summed E-state index contributed by atoms with van der Waals surface area (Å²) >= 11 is 0. The van der Waals surface area contributed by atoms with E-state index < -0.39 is 29.7 Å². The van der Waals surface area contributed by atoms with Crippen molar-refractivity contribution in [2.24, 2.45) is 18.4 Å². The van der Waals surface area contributed by atoms with Gasteiger partial charge in [0.15, 0.2) is 0 Å². The lowest BCUT2D eigenvalue weighted by Crippen LogP contribution is -2.45. The van der Waals surface area contributed by atoms with Gasteiger partial charge in [0.1, 0.15) is 12.2 Å². The molecule has 4 aliphatic rings. The maximum absolute atomic E-state index is 14.3. The third-order valence-corrected chi connectivity index (χ3v) is 9.94. The molecule has 0 unspecified atom stereocenters. The number of carbonyl (C=O) groups is 1. The number of nitrogens with zero attached hydrogens (tertiary/aromatic N) is 5. The number of anilines is 1. The summed E-state index contributed by atoms with van der Waals surface area (Å²) in [5.74, 6) is -1.24. The molecule has 0 N–H and O–H groups in total. The smallest absolute Gasteiger partial charge is 0.320 e. The predicted molar refractivity (Wildman–Crippen MR) is 145 cm³/mol. The number of rotatable bonds is 5. The van der Waals surface area contributed by atoms with Gasteiger partial charge in [-0.05, 0) is 91.4 Å². The fourth-order valence-electron chi connectivity index (χ4n) is 7.68. The topological polar surface area (TPSA) is 54.3 Å². The molecule has 2 saturated carbocycles. The van der Waals surface area contributed by atoms with Crippen molar-refractivity contribution in [3.63, 3.8) is 0 Å². The van der Waals surface area contributed by atoms with Gasteiger partial charge in [-0.1, -0.05) is 12.1 Å². The van der Waals surface area contributed by atoms with Crippen LogP contribution in [0.2, 0.25) is 0 Å². The van der Waals surface area contributed by atoms with Crippen LogP contribution in [-0.4, -0.2) is 44.8 Å². The second kappa shape index (κ2) is 9.54. The van der Waals surface area contributed by atoms with Crippen molar-refractivity contribution in [3.8, 4) is 0 Å². The summed E-state index contributed by atoms with van der Waals surface area (Å²) < 4.78 is 84.9. The standard InChI is InChI=1S/C31H31F6N5O/c1-40-18-38-39-27(40)29(16-28(17-29)7-8-28)20-4-2-6-22(12-20)42-15-24-23(26(42)43)10-19(11-25(24)31(35,36)37)13-41-9-3-5-21(14-41)30(32,33)34/h2,4,6,10-12,18,21H,3,5,7-9,13-17H2,1H3/t21-/m0/s1. The Labute approximate surface area is 244 Å². The first kappa shape index (κ1) is 28.4. The van der Waals surface area contributed by atoms with Gasteiger partial charge in [-0.25, -0.2) is 0 Å². The highest BCUT2D eigenvalue weighted by atomic mass is 19.4. The summed E-state index contributed by atoms with van der Waals surface area (Å²) in [6, 6.07) is 9.83. The van der Waals surface area contributed by atoms with E-state index in [1.807, 2.05) is 29.8 Å². The molecule has 6 nitrogen and oxygen atoms in total. The lowest BCUT2D eigenvalue weighted by Gasteiger charge is -2.48. The number of amides is 1. The molecule has 43 heavy (non-hydrogen) atoms. The van der Waals surface area contributed by atoms with E-state index in [4.69, 9.17) is 0 Å². The first-order valence-corrected chi connectivity index (χ1v) is 14.6. The molecule has 12 heteroatoms. The molecule has 2 aromatic carbocycles. The van der Waals surface area contributed by atoms with E-state index in [9.17, 15) is 31.1 Å². The molecule has 0 bridgehead atoms. The number of fused-ring (bicyclic) bond motifs is 1. The molecule has 2 aliphatic carbocycles. The Morgan fingerprint density at radius 2 is 1.81 bits per heavy atom. The van der Waals surface area contributed by atoms with E-state index in [2.05, 4.69) is 10.2 Å². The zero-order valence-electron chi connectivity index (χ0n) is 23.6. The summed E-state index contributed by atoms with van der Waals surface area (Å²) in [5.41, 5.74) is 0.462. The second-order valence-electron chi connectivity index (χ2n) is 12.9. The molecular formula is C31H31F6N5O. The molecule has 2 aliphatic heterocycles. The third-order valence-electron chi connectivity index (χ3n) is 9.94. The van der Waals surface area contributed by atoms with Crippen LogP contribution in [0.3, 0.4) is 0 Å². The molecule has 3 heterocycles. The quantitative estimate of drug-likeness (QED) is 0.308. The number of hydrogen-bond acceptors (Lipinski definition) is 4. The van der Waals surface area contributed by atoms with Gasteiger partial charge in [0, 0.05) is 31.4 Å². The monoisotopic (exact) mass is 603 g/mol. The van der Waals surface area contributed by atoms with Crippen molar-refractivity contribution < 1.29 is 31.1 Å². The maximum Gasteiger partial charge on any atom is 0.416 e. The van der Waals surface area contributed by atoms with Crippen molar-refractivity contribution in [1.29, 1.82) is 0 Å². The number of benzene rings is 2. The molecular weight excluding hydrogens is 572 g/mol. The number of carbonyl (C=O) groups excluding carboxylic acids is 1. The van der Waals surface area contributed by atoms with Crippen molar-refractivity contribution in [3.05, 3.63) is 76.4 Å². The fourth-order valence-corrected chi connectivity index (χ4v) is 7.68. The first-order chi connectivity index (χ1) is 20.3. The Bertz CT molecular complexity index is 1580. The molecule has 1 atom stereocenters. The van der Waals surface area contributed by atoms with Crippen molar-refractivity contribution in [2.75, 3.05) is 18.0 Å². The number of piperidine rings is 1. The lowest BCUT2D eigenvalue weighted by molar-refractivity contribution is -0.187. The average molecular weight is 604 g/mol. The van der Waals surface area contributed by atoms with Crippen LogP contribution in [0.1, 0.15) is 77.0 Å². The van der Waals surface area contributed by atoms with Crippen LogP contribution in [-0.2, 0) is 31.7 Å². The van der Waals surface area contributed by atoms with Gasteiger partial charge >= 0.3 is 12.4 Å². The second-order valence-corrected chi connectivity index (χ2v) is 12.9. The van der Waals surface area contributed by atoms with E-state index in [0.717, 1.165) is 43.1 Å². The van der Waals surface area contributed by atoms with Crippen molar-refractivity contribution in [1.82, 2.24) is 19.7 Å². The van der Waals surface area contributed by atoms with Crippen LogP contribution in [0.15, 0.2) is 42.7 Å². The maximum atomic E-state index is 14.3. The molecule has 3 aromatic rings. The first-order valence-electron chi connectivity index (χ1n) is 14.6. The summed E-state index contributed by atoms with van der Waals surface area (Å²) in [7, 11) is 1.89. The van der Waals surface area contributed by atoms with E-state index in [1.54, 1.807) is 12.4 Å². The van der Waals surface area contributed by atoms with Crippen molar-refractivity contribution in [2.45, 2.75) is 69.4 Å². The van der Waals surface area contributed by atoms with Gasteiger partial charge in [0.2, 0.25) is 0 Å². The minimum atomic E-state index is -4.73. The summed E-state index contributed by atoms with van der Waals surface area (Å²) in [5, 5.41) is 8.49. The molecule has 1 saturated heterocycles. The Balaban J connectivity index is 1.20. The summed E-state index contributed by atoms with van der Waals surface area (Å²) in [6.45, 7) is -0.253. The zero-order chi connectivity index (χ0) is 30.4. The highest BCUT2D eigenvalue weighted by molar-refractivity contribution is 6.10. The van der Waals surface area contributed by atoms with Gasteiger partial charge in [-0.15, -0.1) is 10.2 Å². The minimum Gasteiger partial charge on any atom is -0.320 e. The Morgan fingerprint density at radius 3 is 2.47 bits per heavy atom. The number of alkyl halides is 6. The number of hydrogen-bond donors (Lipinski definition) is 0. The predicted octanol–water partition coefficient (Wildman–Crippen LogP) is 6.63. The van der Waals surface area contributed by atoms with E-state index in [-0.39, 0.29) is 48.2 Å². The van der Waals surface area contributed by atoms with Crippen LogP contribution in [0.4, 0.5) is 32.0 Å². The summed E-state index contributed by atoms with van der Waals surface area (Å²) in [6.07, 6.45) is -3.01. The Morgan fingerprint density at radius 1 is 1.05 bits per heavy atom. The van der Waals surface area contributed by atoms with Crippen LogP contribution in [0, 0.1) is 11.3 Å². The molecule has 1 amide bonds. The lowest BCUT2D eigenvalue weighted by atomic mass is 9.56. The SMILES string of the molecule is Cn1cnnc1C1(c2cccc(N3Cc4c(cc(CN5CCC[C@H](C(F)(F)F)C5)cc4C(F)(F)F)C3=O)c2)CC2(CC2)C1. The average Bonchev–Trinajstić information content (AvgIpc) is 3.50. The summed E-state index contributed by atoms with van der Waals surface area (Å²) in [4.78, 5) is 16.6. The van der Waals surface area contributed by atoms with Crippen LogP contribution in [0.25, 0.3) is 0 Å². The Kier molecular flexibility index (Phi) is 6.30. The number of aryl methyl sites for hydroxylation is 1. The number of likely N-dealkylation sites (tertiary alicyclic amines) is 1. The van der Waals surface area contributed by atoms with Crippen LogP contribution in [0.5, 0.6) is 0 Å². The number of halogens is 6. The molecule has 3 fully saturated rings. The van der Waals surface area contributed by atoms with Gasteiger partial charge in [-0.2, -0.15) is 26.3 Å². The van der Waals surface area contributed by atoms with E-state index >= 15 is 0 Å².